The van der Waals surface area contributed by atoms with E-state index in [0.29, 0.717) is 11.3 Å². The van der Waals surface area contributed by atoms with Crippen LogP contribution in [0.3, 0.4) is 0 Å². The fourth-order valence-electron chi connectivity index (χ4n) is 2.07. The molecule has 2 N–H and O–H groups in total. The average Bonchev–Trinajstić information content (AvgIpc) is 2.10. The van der Waals surface area contributed by atoms with Gasteiger partial charge in [-0.05, 0) is 26.8 Å². The van der Waals surface area contributed by atoms with Gasteiger partial charge in [0.05, 0.1) is 0 Å². The Morgan fingerprint density at radius 2 is 2.13 bits per heavy atom. The number of hydrogen-bond acceptors (Lipinski definition) is 2. The van der Waals surface area contributed by atoms with E-state index in [1.54, 1.807) is 13.0 Å². The van der Waals surface area contributed by atoms with Crippen LogP contribution in [-0.4, -0.2) is 5.60 Å². The molecule has 1 aliphatic heterocycles. The first-order chi connectivity index (χ1) is 6.91. The predicted molar refractivity (Wildman–Crippen MR) is 57.4 cm³/mol. The molecule has 0 unspecified atom stereocenters. The molecule has 0 aliphatic carbocycles. The van der Waals surface area contributed by atoms with E-state index in [4.69, 9.17) is 10.5 Å². The zero-order valence-electron chi connectivity index (χ0n) is 9.30. The zero-order valence-corrected chi connectivity index (χ0v) is 9.30. The normalized spacial score (nSPS) is 23.1. The molecular formula is C12H16FNO. The van der Waals surface area contributed by atoms with Crippen LogP contribution < -0.4 is 10.5 Å². The van der Waals surface area contributed by atoms with Crippen molar-refractivity contribution in [2.45, 2.75) is 38.8 Å². The van der Waals surface area contributed by atoms with Gasteiger partial charge in [0.15, 0.2) is 0 Å². The Bertz CT molecular complexity index is 401. The highest BCUT2D eigenvalue weighted by molar-refractivity contribution is 5.45. The van der Waals surface area contributed by atoms with Gasteiger partial charge in [-0.25, -0.2) is 4.39 Å². The second kappa shape index (κ2) is 3.20. The Balaban J connectivity index is 2.56. The number of fused-ring (bicyclic) bond motifs is 1. The lowest BCUT2D eigenvalue weighted by atomic mass is 9.89. The van der Waals surface area contributed by atoms with Gasteiger partial charge in [-0.3, -0.25) is 0 Å². The van der Waals surface area contributed by atoms with Crippen molar-refractivity contribution in [2.75, 3.05) is 0 Å². The van der Waals surface area contributed by atoms with Gasteiger partial charge in [-0.2, -0.15) is 0 Å². The molecule has 1 aromatic carbocycles. The lowest BCUT2D eigenvalue weighted by Crippen LogP contribution is -2.37. The molecule has 1 aliphatic rings. The Kier molecular flexibility index (Phi) is 2.23. The molecule has 0 fully saturated rings. The summed E-state index contributed by atoms with van der Waals surface area (Å²) in [6, 6.07) is 3.11. The lowest BCUT2D eigenvalue weighted by Gasteiger charge is -2.37. The van der Waals surface area contributed by atoms with Crippen LogP contribution in [0.5, 0.6) is 5.75 Å². The molecule has 0 bridgehead atoms. The number of benzene rings is 1. The number of halogens is 1. The highest BCUT2D eigenvalue weighted by Crippen LogP contribution is 2.40. The molecule has 0 saturated heterocycles. The van der Waals surface area contributed by atoms with Crippen LogP contribution in [0.1, 0.15) is 37.4 Å². The first-order valence-corrected chi connectivity index (χ1v) is 5.14. The van der Waals surface area contributed by atoms with Gasteiger partial charge < -0.3 is 10.5 Å². The molecule has 15 heavy (non-hydrogen) atoms. The third kappa shape index (κ3) is 1.72. The molecule has 0 spiro atoms. The van der Waals surface area contributed by atoms with E-state index in [1.807, 2.05) is 13.8 Å². The summed E-state index contributed by atoms with van der Waals surface area (Å²) in [6.45, 7) is 5.67. The van der Waals surface area contributed by atoms with Crippen LogP contribution >= 0.6 is 0 Å². The van der Waals surface area contributed by atoms with Gasteiger partial charge in [-0.1, -0.05) is 6.07 Å². The number of ether oxygens (including phenoxy) is 1. The molecule has 1 aromatic rings. The molecular weight excluding hydrogens is 193 g/mol. The lowest BCUT2D eigenvalue weighted by molar-refractivity contribution is 0.0714. The first-order valence-electron chi connectivity index (χ1n) is 5.14. The molecule has 2 rings (SSSR count). The van der Waals surface area contributed by atoms with E-state index in [1.165, 1.54) is 6.07 Å². The van der Waals surface area contributed by atoms with Crippen LogP contribution in [0.25, 0.3) is 0 Å². The molecule has 0 saturated carbocycles. The quantitative estimate of drug-likeness (QED) is 0.713. The minimum atomic E-state index is -0.315. The minimum Gasteiger partial charge on any atom is -0.487 e. The third-order valence-electron chi connectivity index (χ3n) is 2.86. The average molecular weight is 209 g/mol. The fourth-order valence-corrected chi connectivity index (χ4v) is 2.07. The van der Waals surface area contributed by atoms with Gasteiger partial charge in [0, 0.05) is 23.6 Å². The standard InChI is InChI=1S/C12H16FNO/c1-7-9(13)5-4-8-10(14)6-12(2,3)15-11(7)8/h4-5,10H,6,14H2,1-3H3/t10-/m1/s1. The summed E-state index contributed by atoms with van der Waals surface area (Å²) in [5.41, 5.74) is 7.19. The summed E-state index contributed by atoms with van der Waals surface area (Å²) in [4.78, 5) is 0. The molecule has 1 atom stereocenters. The summed E-state index contributed by atoms with van der Waals surface area (Å²) >= 11 is 0. The van der Waals surface area contributed by atoms with E-state index in [0.717, 1.165) is 12.0 Å². The molecule has 3 heteroatoms. The summed E-state index contributed by atoms with van der Waals surface area (Å²) < 4.78 is 19.1. The van der Waals surface area contributed by atoms with E-state index in [9.17, 15) is 4.39 Å². The van der Waals surface area contributed by atoms with Gasteiger partial charge in [0.2, 0.25) is 0 Å². The van der Waals surface area contributed by atoms with Crippen LogP contribution in [0, 0.1) is 12.7 Å². The van der Waals surface area contributed by atoms with Crippen LogP contribution in [0.4, 0.5) is 4.39 Å². The van der Waals surface area contributed by atoms with Crippen LogP contribution in [0.15, 0.2) is 12.1 Å². The molecule has 1 heterocycles. The largest absolute Gasteiger partial charge is 0.487 e. The topological polar surface area (TPSA) is 35.2 Å². The second-order valence-electron chi connectivity index (χ2n) is 4.76. The van der Waals surface area contributed by atoms with Crippen LogP contribution in [0.2, 0.25) is 0 Å². The van der Waals surface area contributed by atoms with E-state index < -0.39 is 0 Å². The highest BCUT2D eigenvalue weighted by atomic mass is 19.1. The maximum atomic E-state index is 13.4. The number of hydrogen-bond donors (Lipinski definition) is 1. The van der Waals surface area contributed by atoms with Crippen molar-refractivity contribution < 1.29 is 9.13 Å². The Hall–Kier alpha value is -1.09. The van der Waals surface area contributed by atoms with Crippen molar-refractivity contribution >= 4 is 0 Å². The monoisotopic (exact) mass is 209 g/mol. The molecule has 0 radical (unpaired) electrons. The maximum Gasteiger partial charge on any atom is 0.130 e. The smallest absolute Gasteiger partial charge is 0.130 e. The van der Waals surface area contributed by atoms with E-state index >= 15 is 0 Å². The van der Waals surface area contributed by atoms with Crippen LogP contribution in [-0.2, 0) is 0 Å². The zero-order chi connectivity index (χ0) is 11.2. The minimum absolute atomic E-state index is 0.0666. The van der Waals surface area contributed by atoms with Crippen molar-refractivity contribution in [1.82, 2.24) is 0 Å². The maximum absolute atomic E-state index is 13.4. The van der Waals surface area contributed by atoms with Crippen molar-refractivity contribution in [1.29, 1.82) is 0 Å². The summed E-state index contributed by atoms with van der Waals surface area (Å²) in [7, 11) is 0. The molecule has 82 valence electrons. The molecule has 0 amide bonds. The summed E-state index contributed by atoms with van der Waals surface area (Å²) in [5.74, 6) is 0.386. The Morgan fingerprint density at radius 3 is 2.80 bits per heavy atom. The first kappa shape index (κ1) is 10.4. The predicted octanol–water partition coefficient (Wildman–Crippen LogP) is 2.70. The molecule has 0 aromatic heterocycles. The second-order valence-corrected chi connectivity index (χ2v) is 4.76. The summed E-state index contributed by atoms with van der Waals surface area (Å²) in [5, 5.41) is 0. The van der Waals surface area contributed by atoms with E-state index in [-0.39, 0.29) is 17.5 Å². The van der Waals surface area contributed by atoms with Gasteiger partial charge >= 0.3 is 0 Å². The van der Waals surface area contributed by atoms with Crippen molar-refractivity contribution in [2.24, 2.45) is 5.73 Å². The summed E-state index contributed by atoms with van der Waals surface area (Å²) in [6.07, 6.45) is 0.755. The Labute approximate surface area is 89.2 Å². The van der Waals surface area contributed by atoms with Gasteiger partial charge in [-0.15, -0.1) is 0 Å². The number of nitrogens with two attached hydrogens (primary N) is 1. The third-order valence-corrected chi connectivity index (χ3v) is 2.86. The van der Waals surface area contributed by atoms with Crippen molar-refractivity contribution in [3.63, 3.8) is 0 Å². The van der Waals surface area contributed by atoms with Crippen molar-refractivity contribution in [3.05, 3.63) is 29.1 Å². The van der Waals surface area contributed by atoms with E-state index in [2.05, 4.69) is 0 Å². The Morgan fingerprint density at radius 1 is 1.47 bits per heavy atom. The fraction of sp³-hybridized carbons (Fsp3) is 0.500. The van der Waals surface area contributed by atoms with Crippen molar-refractivity contribution in [3.8, 4) is 5.75 Å². The number of rotatable bonds is 0. The van der Waals surface area contributed by atoms with Gasteiger partial charge in [0.25, 0.3) is 0 Å². The highest BCUT2D eigenvalue weighted by Gasteiger charge is 2.33. The van der Waals surface area contributed by atoms with Gasteiger partial charge in [0.1, 0.15) is 17.2 Å². The SMILES string of the molecule is Cc1c(F)ccc2c1OC(C)(C)C[C@H]2N. The molecule has 2 nitrogen and oxygen atoms in total.